The number of hydrogen-bond acceptors (Lipinski definition) is 7. The molecule has 2 amide bonds. The van der Waals surface area contributed by atoms with E-state index in [0.29, 0.717) is 12.2 Å². The zero-order chi connectivity index (χ0) is 31.1. The summed E-state index contributed by atoms with van der Waals surface area (Å²) in [7, 11) is 0. The number of carbonyl (C=O) groups is 2. The quantitative estimate of drug-likeness (QED) is 0.149. The molecule has 0 spiro atoms. The molecule has 1 aliphatic rings. The number of thioether (sulfide) groups is 1. The Morgan fingerprint density at radius 2 is 1.74 bits per heavy atom. The molecule has 226 valence electrons. The topological polar surface area (TPSA) is 137 Å². The number of nitro benzene ring substituents is 1. The highest BCUT2D eigenvalue weighted by Gasteiger charge is 2.49. The molecule has 1 heterocycles. The Morgan fingerprint density at radius 1 is 1.09 bits per heavy atom. The number of hydrogen-bond donors (Lipinski definition) is 4. The first kappa shape index (κ1) is 31.9. The highest BCUT2D eigenvalue weighted by atomic mass is 32.2. The van der Waals surface area contributed by atoms with Gasteiger partial charge in [-0.05, 0) is 68.2 Å². The maximum absolute atomic E-state index is 13.9. The third-order valence-electron chi connectivity index (χ3n) is 7.38. The van der Waals surface area contributed by atoms with Crippen LogP contribution < -0.4 is 16.0 Å². The average molecular weight is 622 g/mol. The minimum atomic E-state index is -1.53. The minimum Gasteiger partial charge on any atom is -0.381 e. The van der Waals surface area contributed by atoms with Crippen LogP contribution in [0.2, 0.25) is 0 Å². The average Bonchev–Trinajstić information content (AvgIpc) is 3.31. The fraction of sp³-hybridized carbons (Fsp3) is 0.323. The Labute approximate surface area is 260 Å². The lowest BCUT2D eigenvalue weighted by Gasteiger charge is -2.33. The summed E-state index contributed by atoms with van der Waals surface area (Å²) in [6, 6.07) is 21.2. The normalized spacial score (nSPS) is 17.0. The molecule has 1 saturated heterocycles. The molecule has 1 aliphatic heterocycles. The summed E-state index contributed by atoms with van der Waals surface area (Å²) in [5.41, 5.74) is 3.35. The molecule has 0 bridgehead atoms. The van der Waals surface area contributed by atoms with Gasteiger partial charge in [0.1, 0.15) is 6.04 Å². The summed E-state index contributed by atoms with van der Waals surface area (Å²) in [6.45, 7) is 6.13. The third kappa shape index (κ3) is 8.09. The van der Waals surface area contributed by atoms with Crippen LogP contribution in [-0.4, -0.2) is 60.7 Å². The van der Waals surface area contributed by atoms with Crippen molar-refractivity contribution in [3.05, 3.63) is 106 Å². The second-order valence-corrected chi connectivity index (χ2v) is 12.9. The van der Waals surface area contributed by atoms with Crippen LogP contribution in [0.5, 0.6) is 0 Å². The fourth-order valence-corrected chi connectivity index (χ4v) is 6.36. The van der Waals surface area contributed by atoms with Crippen molar-refractivity contribution >= 4 is 52.3 Å². The second kappa shape index (κ2) is 14.0. The van der Waals surface area contributed by atoms with Crippen molar-refractivity contribution in [2.24, 2.45) is 0 Å². The van der Waals surface area contributed by atoms with Gasteiger partial charge in [0.15, 0.2) is 11.2 Å². The molecular formula is C31H35N5O5S2. The molecule has 3 unspecified atom stereocenters. The number of anilines is 1. The Hall–Kier alpha value is -4.00. The fourth-order valence-electron chi connectivity index (χ4n) is 4.95. The van der Waals surface area contributed by atoms with Crippen molar-refractivity contribution in [1.82, 2.24) is 15.5 Å². The summed E-state index contributed by atoms with van der Waals surface area (Å²) in [4.78, 5) is 39.3. The lowest BCUT2D eigenvalue weighted by Crippen LogP contribution is -2.59. The van der Waals surface area contributed by atoms with Crippen LogP contribution in [-0.2, 0) is 22.6 Å². The van der Waals surface area contributed by atoms with Crippen LogP contribution in [0.25, 0.3) is 0 Å². The van der Waals surface area contributed by atoms with Gasteiger partial charge in [0.2, 0.25) is 5.91 Å². The summed E-state index contributed by atoms with van der Waals surface area (Å²) >= 11 is 6.96. The van der Waals surface area contributed by atoms with E-state index < -0.39 is 33.8 Å². The molecule has 1 fully saturated rings. The third-order valence-corrected chi connectivity index (χ3v) is 8.97. The SMILES string of the molecule is Cc1ccccc1CNC(=O)C1N(C(=O)C(O)C(Cc2ccccc2)NC(=S)Nc2ccc([N+](=O)[O-])cc2)CSC1(C)C. The van der Waals surface area contributed by atoms with E-state index in [-0.39, 0.29) is 29.0 Å². The van der Waals surface area contributed by atoms with Gasteiger partial charge in [-0.25, -0.2) is 0 Å². The number of aryl methyl sites for hydroxylation is 1. The van der Waals surface area contributed by atoms with Gasteiger partial charge in [-0.15, -0.1) is 11.8 Å². The van der Waals surface area contributed by atoms with Crippen LogP contribution in [0.1, 0.15) is 30.5 Å². The number of amides is 2. The zero-order valence-corrected chi connectivity index (χ0v) is 25.8. The standard InChI is InChI=1S/C31H35N5O5S2/c1-20-9-7-8-12-22(20)18-32-28(38)27-31(2,3)43-19-35(27)29(39)26(37)25(17-21-10-5-4-6-11-21)34-30(42)33-23-13-15-24(16-14-23)36(40)41/h4-16,25-27,37H,17-19H2,1-3H3,(H,32,38)(H2,33,34,42). The van der Waals surface area contributed by atoms with E-state index in [9.17, 15) is 24.8 Å². The number of aliphatic hydroxyl groups excluding tert-OH is 1. The van der Waals surface area contributed by atoms with Crippen LogP contribution in [0.15, 0.2) is 78.9 Å². The van der Waals surface area contributed by atoms with Gasteiger partial charge in [-0.3, -0.25) is 19.7 Å². The van der Waals surface area contributed by atoms with E-state index in [1.54, 1.807) is 0 Å². The van der Waals surface area contributed by atoms with Crippen LogP contribution in [0.4, 0.5) is 11.4 Å². The first-order valence-electron chi connectivity index (χ1n) is 13.8. The van der Waals surface area contributed by atoms with E-state index in [4.69, 9.17) is 12.2 Å². The molecule has 0 radical (unpaired) electrons. The molecule has 10 nitrogen and oxygen atoms in total. The van der Waals surface area contributed by atoms with Gasteiger partial charge in [0, 0.05) is 29.1 Å². The number of rotatable bonds is 10. The van der Waals surface area contributed by atoms with E-state index in [0.717, 1.165) is 16.7 Å². The molecule has 0 aromatic heterocycles. The number of nitrogens with zero attached hydrogens (tertiary/aromatic N) is 2. The van der Waals surface area contributed by atoms with Gasteiger partial charge in [0.05, 0.1) is 16.8 Å². The number of thiocarbonyl (C=S) groups is 1. The van der Waals surface area contributed by atoms with Crippen molar-refractivity contribution < 1.29 is 19.6 Å². The first-order chi connectivity index (χ1) is 20.5. The monoisotopic (exact) mass is 621 g/mol. The largest absolute Gasteiger partial charge is 0.381 e. The summed E-state index contributed by atoms with van der Waals surface area (Å²) < 4.78 is -0.583. The minimum absolute atomic E-state index is 0.0590. The highest BCUT2D eigenvalue weighted by Crippen LogP contribution is 2.40. The molecule has 12 heteroatoms. The van der Waals surface area contributed by atoms with Crippen LogP contribution in [0, 0.1) is 17.0 Å². The second-order valence-electron chi connectivity index (χ2n) is 10.9. The molecule has 3 atom stereocenters. The highest BCUT2D eigenvalue weighted by molar-refractivity contribution is 8.00. The van der Waals surface area contributed by atoms with E-state index >= 15 is 0 Å². The predicted octanol–water partition coefficient (Wildman–Crippen LogP) is 4.16. The van der Waals surface area contributed by atoms with E-state index in [1.165, 1.54) is 40.9 Å². The van der Waals surface area contributed by atoms with E-state index in [2.05, 4.69) is 16.0 Å². The van der Waals surface area contributed by atoms with Gasteiger partial charge >= 0.3 is 0 Å². The number of nitrogens with one attached hydrogen (secondary N) is 3. The summed E-state index contributed by atoms with van der Waals surface area (Å²) in [5.74, 6) is -0.628. The summed E-state index contributed by atoms with van der Waals surface area (Å²) in [6.07, 6.45) is -1.26. The molecule has 43 heavy (non-hydrogen) atoms. The predicted molar refractivity (Wildman–Crippen MR) is 173 cm³/mol. The molecule has 3 aromatic rings. The lowest BCUT2D eigenvalue weighted by molar-refractivity contribution is -0.384. The Bertz CT molecular complexity index is 1470. The van der Waals surface area contributed by atoms with Crippen LogP contribution >= 0.6 is 24.0 Å². The maximum Gasteiger partial charge on any atom is 0.269 e. The molecule has 4 rings (SSSR count). The van der Waals surface area contributed by atoms with Crippen molar-refractivity contribution in [1.29, 1.82) is 0 Å². The number of carbonyl (C=O) groups excluding carboxylic acids is 2. The molecule has 0 aliphatic carbocycles. The maximum atomic E-state index is 13.9. The Kier molecular flexibility index (Phi) is 10.4. The van der Waals surface area contributed by atoms with Gasteiger partial charge in [-0.2, -0.15) is 0 Å². The van der Waals surface area contributed by atoms with Crippen LogP contribution in [0.3, 0.4) is 0 Å². The van der Waals surface area contributed by atoms with Crippen molar-refractivity contribution in [3.8, 4) is 0 Å². The molecule has 3 aromatic carbocycles. The van der Waals surface area contributed by atoms with Crippen molar-refractivity contribution in [2.75, 3.05) is 11.2 Å². The lowest BCUT2D eigenvalue weighted by atomic mass is 9.97. The van der Waals surface area contributed by atoms with Crippen molar-refractivity contribution in [2.45, 2.75) is 56.7 Å². The number of aliphatic hydroxyl groups is 1. The smallest absolute Gasteiger partial charge is 0.269 e. The Balaban J connectivity index is 1.50. The number of non-ortho nitro benzene ring substituents is 1. The molecule has 4 N–H and O–H groups in total. The zero-order valence-electron chi connectivity index (χ0n) is 24.2. The van der Waals surface area contributed by atoms with Gasteiger partial charge in [-0.1, -0.05) is 54.6 Å². The molecule has 0 saturated carbocycles. The molecular weight excluding hydrogens is 587 g/mol. The van der Waals surface area contributed by atoms with Gasteiger partial charge in [0.25, 0.3) is 11.6 Å². The van der Waals surface area contributed by atoms with Gasteiger partial charge < -0.3 is 26.0 Å². The number of nitro groups is 1. The Morgan fingerprint density at radius 3 is 2.40 bits per heavy atom. The first-order valence-corrected chi connectivity index (χ1v) is 15.2. The number of benzene rings is 3. The van der Waals surface area contributed by atoms with E-state index in [1.807, 2.05) is 75.4 Å². The summed E-state index contributed by atoms with van der Waals surface area (Å²) in [5, 5.41) is 31.6. The van der Waals surface area contributed by atoms with Crippen molar-refractivity contribution in [3.63, 3.8) is 0 Å².